The van der Waals surface area contributed by atoms with Crippen molar-refractivity contribution in [3.05, 3.63) is 79.9 Å². The monoisotopic (exact) mass is 516 g/mol. The van der Waals surface area contributed by atoms with Crippen LogP contribution in [0.2, 0.25) is 0 Å². The van der Waals surface area contributed by atoms with Crippen molar-refractivity contribution in [2.24, 2.45) is 0 Å². The lowest BCUT2D eigenvalue weighted by atomic mass is 9.85. The van der Waals surface area contributed by atoms with E-state index < -0.39 is 32.5 Å². The first-order valence-electron chi connectivity index (χ1n) is 11.4. The van der Waals surface area contributed by atoms with Gasteiger partial charge in [0.1, 0.15) is 11.4 Å². The van der Waals surface area contributed by atoms with Crippen molar-refractivity contribution in [2.45, 2.75) is 39.2 Å². The van der Waals surface area contributed by atoms with E-state index in [2.05, 4.69) is 9.71 Å². The first kappa shape index (κ1) is 25.5. The maximum absolute atomic E-state index is 16.2. The molecule has 3 aromatic rings. The predicted octanol–water partition coefficient (Wildman–Crippen LogP) is 2.91. The lowest BCUT2D eigenvalue weighted by Gasteiger charge is -2.35. The van der Waals surface area contributed by atoms with Crippen LogP contribution in [0.25, 0.3) is 5.69 Å². The van der Waals surface area contributed by atoms with Gasteiger partial charge in [0.25, 0.3) is 5.56 Å². The van der Waals surface area contributed by atoms with E-state index >= 15 is 4.39 Å². The van der Waals surface area contributed by atoms with Crippen molar-refractivity contribution < 1.29 is 17.5 Å². The van der Waals surface area contributed by atoms with Crippen LogP contribution in [0.4, 0.5) is 15.8 Å². The number of anilines is 2. The fourth-order valence-electron chi connectivity index (χ4n) is 4.46. The third-order valence-electron chi connectivity index (χ3n) is 6.11. The zero-order chi connectivity index (χ0) is 26.4. The molecule has 4 rings (SSSR count). The van der Waals surface area contributed by atoms with E-state index in [1.54, 1.807) is 18.2 Å². The Labute approximate surface area is 208 Å². The number of aromatic amines is 1. The summed E-state index contributed by atoms with van der Waals surface area (Å²) < 4.78 is 48.7. The Morgan fingerprint density at radius 1 is 1.11 bits per heavy atom. The molecule has 1 aromatic heterocycles. The van der Waals surface area contributed by atoms with Crippen molar-refractivity contribution in [1.82, 2.24) is 9.55 Å². The average Bonchev–Trinajstić information content (AvgIpc) is 2.77. The van der Waals surface area contributed by atoms with E-state index in [-0.39, 0.29) is 11.4 Å². The number of sulfonamides is 1. The highest BCUT2D eigenvalue weighted by Crippen LogP contribution is 2.44. The zero-order valence-electron chi connectivity index (χ0n) is 20.8. The number of H-pyrrole nitrogens is 1. The topological polar surface area (TPSA) is 114 Å². The molecule has 192 valence electrons. The predicted molar refractivity (Wildman–Crippen MR) is 138 cm³/mol. The van der Waals surface area contributed by atoms with Gasteiger partial charge in [0, 0.05) is 36.6 Å². The van der Waals surface area contributed by atoms with E-state index in [1.165, 1.54) is 19.4 Å². The Bertz CT molecular complexity index is 1550. The van der Waals surface area contributed by atoms with Gasteiger partial charge in [0.05, 0.1) is 19.1 Å². The highest BCUT2D eigenvalue weighted by Gasteiger charge is 2.31. The van der Waals surface area contributed by atoms with Crippen molar-refractivity contribution >= 4 is 21.4 Å². The number of nitrogens with one attached hydrogen (secondary N) is 2. The van der Waals surface area contributed by atoms with Crippen molar-refractivity contribution in [3.8, 4) is 11.4 Å². The molecule has 2 N–H and O–H groups in total. The maximum atomic E-state index is 16.2. The summed E-state index contributed by atoms with van der Waals surface area (Å²) in [6.45, 7) is 6.70. The summed E-state index contributed by atoms with van der Waals surface area (Å²) in [6, 6.07) is 8.03. The van der Waals surface area contributed by atoms with Crippen LogP contribution in [0.15, 0.2) is 46.1 Å². The summed E-state index contributed by atoms with van der Waals surface area (Å²) in [5.41, 5.74) is 1.53. The molecule has 2 aromatic carbocycles. The van der Waals surface area contributed by atoms with Crippen LogP contribution in [0.1, 0.15) is 37.5 Å². The fraction of sp³-hybridized carbons (Fsp3) is 0.360. The molecule has 0 radical (unpaired) electrons. The van der Waals surface area contributed by atoms with Gasteiger partial charge >= 0.3 is 5.69 Å². The SMILES string of the molecule is COc1c(C(C)(C)C)cc(-n2ccc(=O)[nH]c2=O)c(F)c1N1CCc2cc(NS(C)(=O)=O)ccc2C1. The van der Waals surface area contributed by atoms with Gasteiger partial charge < -0.3 is 9.64 Å². The Kier molecular flexibility index (Phi) is 6.46. The number of aromatic nitrogens is 2. The van der Waals surface area contributed by atoms with Gasteiger partial charge in [-0.3, -0.25) is 19.1 Å². The molecular formula is C25H29FN4O5S. The van der Waals surface area contributed by atoms with Crippen LogP contribution >= 0.6 is 0 Å². The number of rotatable bonds is 5. The smallest absolute Gasteiger partial charge is 0.333 e. The normalized spacial score (nSPS) is 13.9. The van der Waals surface area contributed by atoms with Crippen molar-refractivity contribution in [2.75, 3.05) is 29.5 Å². The van der Waals surface area contributed by atoms with Gasteiger partial charge in [-0.05, 0) is 41.2 Å². The highest BCUT2D eigenvalue weighted by atomic mass is 32.2. The summed E-state index contributed by atoms with van der Waals surface area (Å²) in [4.78, 5) is 28.2. The average molecular weight is 517 g/mol. The largest absolute Gasteiger partial charge is 0.494 e. The molecule has 1 aliphatic rings. The number of hydrogen-bond donors (Lipinski definition) is 2. The van der Waals surface area contributed by atoms with Gasteiger partial charge in [-0.2, -0.15) is 0 Å². The Morgan fingerprint density at radius 3 is 2.44 bits per heavy atom. The van der Waals surface area contributed by atoms with Gasteiger partial charge in [0.2, 0.25) is 10.0 Å². The second kappa shape index (κ2) is 9.12. The molecule has 0 saturated heterocycles. The molecule has 0 atom stereocenters. The molecule has 9 nitrogen and oxygen atoms in total. The zero-order valence-corrected chi connectivity index (χ0v) is 21.6. The van der Waals surface area contributed by atoms with E-state index in [9.17, 15) is 18.0 Å². The molecular weight excluding hydrogens is 487 g/mol. The summed E-state index contributed by atoms with van der Waals surface area (Å²) in [5.74, 6) is -0.271. The Morgan fingerprint density at radius 2 is 1.83 bits per heavy atom. The molecule has 0 fully saturated rings. The molecule has 0 bridgehead atoms. The molecule has 0 amide bonds. The van der Waals surface area contributed by atoms with E-state index in [0.29, 0.717) is 36.5 Å². The number of methoxy groups -OCH3 is 1. The third-order valence-corrected chi connectivity index (χ3v) is 6.71. The molecule has 0 aliphatic carbocycles. The summed E-state index contributed by atoms with van der Waals surface area (Å²) in [7, 11) is -1.92. The molecule has 0 spiro atoms. The van der Waals surface area contributed by atoms with Crippen LogP contribution < -0.4 is 25.6 Å². The summed E-state index contributed by atoms with van der Waals surface area (Å²) >= 11 is 0. The summed E-state index contributed by atoms with van der Waals surface area (Å²) in [6.07, 6.45) is 2.89. The number of hydrogen-bond acceptors (Lipinski definition) is 6. The number of fused-ring (bicyclic) bond motifs is 1. The molecule has 0 unspecified atom stereocenters. The molecule has 2 heterocycles. The number of halogens is 1. The second-order valence-electron chi connectivity index (χ2n) is 9.90. The molecule has 36 heavy (non-hydrogen) atoms. The number of nitrogens with zero attached hydrogens (tertiary/aromatic N) is 2. The Balaban J connectivity index is 1.86. The van der Waals surface area contributed by atoms with Gasteiger partial charge in [-0.15, -0.1) is 0 Å². The van der Waals surface area contributed by atoms with Crippen molar-refractivity contribution in [1.29, 1.82) is 0 Å². The van der Waals surface area contributed by atoms with Crippen LogP contribution in [-0.4, -0.2) is 37.9 Å². The van der Waals surface area contributed by atoms with Crippen LogP contribution in [0, 0.1) is 5.82 Å². The molecule has 1 aliphatic heterocycles. The quantitative estimate of drug-likeness (QED) is 0.539. The Hall–Kier alpha value is -3.60. The number of benzene rings is 2. The first-order valence-corrected chi connectivity index (χ1v) is 13.3. The molecule has 0 saturated carbocycles. The number of ether oxygens (including phenoxy) is 1. The standard InChI is InChI=1S/C25H29FN4O5S/c1-25(2,3)18-13-19(30-11-9-20(31)27-24(30)32)21(26)22(23(18)35-4)29-10-8-15-12-17(28-36(5,33)34)7-6-16(15)14-29/h6-7,9,11-13,28H,8,10,14H2,1-5H3,(H,27,31,32). The van der Waals surface area contributed by atoms with Crippen molar-refractivity contribution in [3.63, 3.8) is 0 Å². The van der Waals surface area contributed by atoms with Crippen LogP contribution in [0.5, 0.6) is 5.75 Å². The van der Waals surface area contributed by atoms with Gasteiger partial charge in [-0.25, -0.2) is 17.6 Å². The highest BCUT2D eigenvalue weighted by molar-refractivity contribution is 7.92. The van der Waals surface area contributed by atoms with Crippen LogP contribution in [-0.2, 0) is 28.4 Å². The lowest BCUT2D eigenvalue weighted by molar-refractivity contribution is 0.392. The van der Waals surface area contributed by atoms with Gasteiger partial charge in [0.15, 0.2) is 5.82 Å². The second-order valence-corrected chi connectivity index (χ2v) is 11.6. The maximum Gasteiger partial charge on any atom is 0.333 e. The van der Waals surface area contributed by atoms with Crippen LogP contribution in [0.3, 0.4) is 0 Å². The van der Waals surface area contributed by atoms with E-state index in [1.807, 2.05) is 31.7 Å². The lowest BCUT2D eigenvalue weighted by Crippen LogP contribution is -2.33. The van der Waals surface area contributed by atoms with E-state index in [0.717, 1.165) is 21.9 Å². The molecule has 11 heteroatoms. The fourth-order valence-corrected chi connectivity index (χ4v) is 5.02. The first-order chi connectivity index (χ1) is 16.8. The summed E-state index contributed by atoms with van der Waals surface area (Å²) in [5, 5.41) is 0. The minimum Gasteiger partial charge on any atom is -0.494 e. The van der Waals surface area contributed by atoms with E-state index in [4.69, 9.17) is 4.74 Å². The third kappa shape index (κ3) is 5.01. The minimum absolute atomic E-state index is 0.00970. The van der Waals surface area contributed by atoms with Gasteiger partial charge in [-0.1, -0.05) is 26.8 Å². The minimum atomic E-state index is -3.40.